The van der Waals surface area contributed by atoms with E-state index in [1.54, 1.807) is 7.11 Å². The molecule has 0 aromatic carbocycles. The van der Waals surface area contributed by atoms with E-state index in [0.29, 0.717) is 12.8 Å². The summed E-state index contributed by atoms with van der Waals surface area (Å²) in [5.41, 5.74) is 0. The van der Waals surface area contributed by atoms with Crippen LogP contribution >= 0.6 is 0 Å². The van der Waals surface area contributed by atoms with E-state index in [4.69, 9.17) is 14.6 Å². The number of hydrogen-bond donors (Lipinski definition) is 2. The maximum absolute atomic E-state index is 9.24. The van der Waals surface area contributed by atoms with Gasteiger partial charge >= 0.3 is 0 Å². The predicted octanol–water partition coefficient (Wildman–Crippen LogP) is -0.509. The molecule has 1 saturated heterocycles. The van der Waals surface area contributed by atoms with E-state index in [0.717, 1.165) is 0 Å². The second-order valence-electron chi connectivity index (χ2n) is 2.67. The van der Waals surface area contributed by atoms with E-state index in [9.17, 15) is 5.11 Å². The molecule has 0 amide bonds. The third-order valence-corrected chi connectivity index (χ3v) is 1.90. The molecule has 0 saturated carbocycles. The van der Waals surface area contributed by atoms with Crippen molar-refractivity contribution in [2.45, 2.75) is 31.3 Å². The summed E-state index contributed by atoms with van der Waals surface area (Å²) in [6.07, 6.45) is 0.0217. The van der Waals surface area contributed by atoms with Gasteiger partial charge in [-0.25, -0.2) is 0 Å². The van der Waals surface area contributed by atoms with Crippen LogP contribution in [0.3, 0.4) is 0 Å². The van der Waals surface area contributed by atoms with Gasteiger partial charge in [0.15, 0.2) is 6.29 Å². The van der Waals surface area contributed by atoms with Crippen LogP contribution in [0.5, 0.6) is 0 Å². The lowest BCUT2D eigenvalue weighted by atomic mass is 10.1. The summed E-state index contributed by atoms with van der Waals surface area (Å²) in [6.45, 7) is -0.152. The lowest BCUT2D eigenvalue weighted by Gasteiger charge is -2.31. The number of aliphatic hydroxyl groups excluding tert-OH is 2. The highest BCUT2D eigenvalue weighted by Gasteiger charge is 2.28. The van der Waals surface area contributed by atoms with Crippen LogP contribution in [-0.4, -0.2) is 42.4 Å². The normalized spacial score (nSPS) is 39.0. The molecule has 0 radical (unpaired) electrons. The van der Waals surface area contributed by atoms with Gasteiger partial charge in [-0.1, -0.05) is 0 Å². The Morgan fingerprint density at radius 3 is 2.82 bits per heavy atom. The highest BCUT2D eigenvalue weighted by molar-refractivity contribution is 4.74. The van der Waals surface area contributed by atoms with Gasteiger partial charge in [-0.15, -0.1) is 0 Å². The maximum Gasteiger partial charge on any atom is 0.157 e. The third-order valence-electron chi connectivity index (χ3n) is 1.90. The highest BCUT2D eigenvalue weighted by Crippen LogP contribution is 2.19. The molecular formula is C7H14O4. The predicted molar refractivity (Wildman–Crippen MR) is 38.0 cm³/mol. The van der Waals surface area contributed by atoms with Crippen molar-refractivity contribution in [2.24, 2.45) is 0 Å². The Morgan fingerprint density at radius 2 is 2.27 bits per heavy atom. The molecule has 3 atom stereocenters. The molecule has 0 aromatic heterocycles. The second-order valence-corrected chi connectivity index (χ2v) is 2.67. The van der Waals surface area contributed by atoms with Gasteiger partial charge in [0.1, 0.15) is 6.10 Å². The maximum atomic E-state index is 9.24. The molecule has 66 valence electrons. The summed E-state index contributed by atoms with van der Waals surface area (Å²) in [5.74, 6) is 0. The van der Waals surface area contributed by atoms with Crippen molar-refractivity contribution >= 4 is 0 Å². The van der Waals surface area contributed by atoms with E-state index < -0.39 is 12.2 Å². The molecule has 3 unspecified atom stereocenters. The Kier molecular flexibility index (Phi) is 3.26. The van der Waals surface area contributed by atoms with Crippen molar-refractivity contribution in [1.29, 1.82) is 0 Å². The van der Waals surface area contributed by atoms with Crippen LogP contribution in [0.15, 0.2) is 0 Å². The summed E-state index contributed by atoms with van der Waals surface area (Å²) >= 11 is 0. The van der Waals surface area contributed by atoms with Crippen molar-refractivity contribution in [3.8, 4) is 0 Å². The van der Waals surface area contributed by atoms with Gasteiger partial charge in [-0.2, -0.15) is 0 Å². The molecule has 0 aromatic rings. The topological polar surface area (TPSA) is 58.9 Å². The van der Waals surface area contributed by atoms with E-state index >= 15 is 0 Å². The van der Waals surface area contributed by atoms with Crippen LogP contribution < -0.4 is 0 Å². The Balaban J connectivity index is 2.37. The van der Waals surface area contributed by atoms with Crippen LogP contribution in [0.25, 0.3) is 0 Å². The molecule has 1 aliphatic rings. The summed E-state index contributed by atoms with van der Waals surface area (Å²) in [4.78, 5) is 0. The van der Waals surface area contributed by atoms with E-state index in [1.165, 1.54) is 0 Å². The van der Waals surface area contributed by atoms with Gasteiger partial charge < -0.3 is 19.7 Å². The van der Waals surface area contributed by atoms with Gasteiger partial charge in [0.05, 0.1) is 12.7 Å². The number of methoxy groups -OCH3 is 1. The van der Waals surface area contributed by atoms with Crippen molar-refractivity contribution in [2.75, 3.05) is 13.7 Å². The number of rotatable bonds is 2. The molecule has 0 spiro atoms. The standard InChI is InChI=1S/C7H14O4/c1-10-7-3-2-5(9)6(4-8)11-7/h5-9H,2-4H2,1H3. The van der Waals surface area contributed by atoms with Crippen LogP contribution in [0.2, 0.25) is 0 Å². The molecule has 11 heavy (non-hydrogen) atoms. The Hall–Kier alpha value is -0.160. The second kappa shape index (κ2) is 4.01. The fourth-order valence-electron chi connectivity index (χ4n) is 1.18. The minimum Gasteiger partial charge on any atom is -0.394 e. The molecule has 1 rings (SSSR count). The van der Waals surface area contributed by atoms with Crippen molar-refractivity contribution < 1.29 is 19.7 Å². The number of aliphatic hydroxyl groups is 2. The van der Waals surface area contributed by atoms with Crippen molar-refractivity contribution in [1.82, 2.24) is 0 Å². The van der Waals surface area contributed by atoms with E-state index in [1.807, 2.05) is 0 Å². The van der Waals surface area contributed by atoms with E-state index in [2.05, 4.69) is 0 Å². The highest BCUT2D eigenvalue weighted by atomic mass is 16.7. The third kappa shape index (κ3) is 2.13. The Labute approximate surface area is 65.7 Å². The average Bonchev–Trinajstić information content (AvgIpc) is 2.05. The van der Waals surface area contributed by atoms with Gasteiger partial charge in [0.25, 0.3) is 0 Å². The summed E-state index contributed by atoms with van der Waals surface area (Å²) in [5, 5.41) is 18.0. The lowest BCUT2D eigenvalue weighted by molar-refractivity contribution is -0.219. The van der Waals surface area contributed by atoms with Gasteiger partial charge in [0.2, 0.25) is 0 Å². The minimum atomic E-state index is -0.550. The zero-order chi connectivity index (χ0) is 8.27. The molecule has 1 aliphatic heterocycles. The SMILES string of the molecule is COC1CCC(O)C(CO)O1. The Bertz CT molecular complexity index is 117. The average molecular weight is 162 g/mol. The van der Waals surface area contributed by atoms with Crippen LogP contribution in [-0.2, 0) is 9.47 Å². The molecule has 4 nitrogen and oxygen atoms in total. The van der Waals surface area contributed by atoms with Crippen LogP contribution in [0.1, 0.15) is 12.8 Å². The first kappa shape index (κ1) is 8.93. The van der Waals surface area contributed by atoms with Gasteiger partial charge in [0, 0.05) is 13.5 Å². The Morgan fingerprint density at radius 1 is 1.55 bits per heavy atom. The summed E-state index contributed by atoms with van der Waals surface area (Å²) < 4.78 is 10.1. The summed E-state index contributed by atoms with van der Waals surface area (Å²) in [6, 6.07) is 0. The zero-order valence-corrected chi connectivity index (χ0v) is 6.56. The van der Waals surface area contributed by atoms with E-state index in [-0.39, 0.29) is 12.9 Å². The zero-order valence-electron chi connectivity index (χ0n) is 6.56. The number of hydrogen-bond acceptors (Lipinski definition) is 4. The van der Waals surface area contributed by atoms with Gasteiger partial charge in [-0.05, 0) is 6.42 Å². The monoisotopic (exact) mass is 162 g/mol. The molecular weight excluding hydrogens is 148 g/mol. The molecule has 1 heterocycles. The first-order valence-electron chi connectivity index (χ1n) is 3.75. The molecule has 4 heteroatoms. The van der Waals surface area contributed by atoms with Gasteiger partial charge in [-0.3, -0.25) is 0 Å². The van der Waals surface area contributed by atoms with Crippen LogP contribution in [0.4, 0.5) is 0 Å². The smallest absolute Gasteiger partial charge is 0.157 e. The van der Waals surface area contributed by atoms with Crippen LogP contribution in [0, 0.1) is 0 Å². The first-order chi connectivity index (χ1) is 5.27. The van der Waals surface area contributed by atoms with Crippen molar-refractivity contribution in [3.05, 3.63) is 0 Å². The summed E-state index contributed by atoms with van der Waals surface area (Å²) in [7, 11) is 1.55. The minimum absolute atomic E-state index is 0.152. The molecule has 0 bridgehead atoms. The van der Waals surface area contributed by atoms with Crippen molar-refractivity contribution in [3.63, 3.8) is 0 Å². The number of ether oxygens (including phenoxy) is 2. The molecule has 2 N–H and O–H groups in total. The quantitative estimate of drug-likeness (QED) is 0.574. The fraction of sp³-hybridized carbons (Fsp3) is 1.00. The lowest BCUT2D eigenvalue weighted by Crippen LogP contribution is -2.41. The molecule has 0 aliphatic carbocycles. The fourth-order valence-corrected chi connectivity index (χ4v) is 1.18. The molecule has 1 fully saturated rings. The first-order valence-corrected chi connectivity index (χ1v) is 3.75. The largest absolute Gasteiger partial charge is 0.394 e.